The van der Waals surface area contributed by atoms with Gasteiger partial charge in [0.1, 0.15) is 11.4 Å². The Balaban J connectivity index is 1.71. The Morgan fingerprint density at radius 1 is 1.30 bits per heavy atom. The number of nitrogens with one attached hydrogen (secondary N) is 1. The largest absolute Gasteiger partial charge is 0.465 e. The molecule has 0 radical (unpaired) electrons. The van der Waals surface area contributed by atoms with Gasteiger partial charge in [-0.05, 0) is 46.5 Å². The van der Waals surface area contributed by atoms with Gasteiger partial charge in [-0.1, -0.05) is 6.07 Å². The van der Waals surface area contributed by atoms with Crippen LogP contribution < -0.4 is 5.32 Å². The van der Waals surface area contributed by atoms with E-state index >= 15 is 0 Å². The number of thiophene rings is 2. The highest BCUT2D eigenvalue weighted by atomic mass is 32.1. The van der Waals surface area contributed by atoms with Crippen molar-refractivity contribution in [2.75, 3.05) is 6.54 Å². The van der Waals surface area contributed by atoms with E-state index in [4.69, 9.17) is 4.42 Å². The van der Waals surface area contributed by atoms with Crippen molar-refractivity contribution in [1.29, 1.82) is 0 Å². The van der Waals surface area contributed by atoms with Crippen molar-refractivity contribution >= 4 is 34.7 Å². The van der Waals surface area contributed by atoms with E-state index in [1.807, 2.05) is 34.3 Å². The molecule has 4 nitrogen and oxygen atoms in total. The summed E-state index contributed by atoms with van der Waals surface area (Å²) in [6.45, 7) is 0.103. The van der Waals surface area contributed by atoms with E-state index in [2.05, 4.69) is 5.32 Å². The lowest BCUT2D eigenvalue weighted by molar-refractivity contribution is -0.117. The van der Waals surface area contributed by atoms with E-state index < -0.39 is 5.60 Å². The number of aliphatic hydroxyl groups is 1. The van der Waals surface area contributed by atoms with Crippen LogP contribution in [-0.2, 0) is 10.4 Å². The number of amides is 1. The van der Waals surface area contributed by atoms with Crippen molar-refractivity contribution in [3.05, 3.63) is 75.0 Å². The molecule has 0 saturated heterocycles. The Morgan fingerprint density at radius 2 is 2.22 bits per heavy atom. The maximum atomic E-state index is 12.0. The molecule has 0 aliphatic carbocycles. The van der Waals surface area contributed by atoms with Crippen LogP contribution in [0.4, 0.5) is 0 Å². The van der Waals surface area contributed by atoms with Crippen molar-refractivity contribution < 1.29 is 14.3 Å². The van der Waals surface area contributed by atoms with Crippen LogP contribution >= 0.6 is 22.7 Å². The predicted octanol–water partition coefficient (Wildman–Crippen LogP) is 3.47. The first-order chi connectivity index (χ1) is 11.2. The molecule has 3 heterocycles. The molecule has 6 heteroatoms. The van der Waals surface area contributed by atoms with Crippen LogP contribution in [0.5, 0.6) is 0 Å². The molecule has 23 heavy (non-hydrogen) atoms. The van der Waals surface area contributed by atoms with Crippen molar-refractivity contribution in [3.63, 3.8) is 0 Å². The zero-order valence-corrected chi connectivity index (χ0v) is 13.8. The number of carbonyl (C=O) groups excluding carboxylic acids is 1. The number of carbonyl (C=O) groups is 1. The first kappa shape index (κ1) is 15.7. The van der Waals surface area contributed by atoms with Gasteiger partial charge in [0.05, 0.1) is 12.8 Å². The second-order valence-corrected chi connectivity index (χ2v) is 6.64. The van der Waals surface area contributed by atoms with Crippen LogP contribution in [0.2, 0.25) is 0 Å². The molecular weight excluding hydrogens is 330 g/mol. The van der Waals surface area contributed by atoms with Crippen molar-refractivity contribution in [1.82, 2.24) is 5.32 Å². The fraction of sp³-hybridized carbons (Fsp3) is 0.118. The van der Waals surface area contributed by atoms with Gasteiger partial charge < -0.3 is 14.8 Å². The smallest absolute Gasteiger partial charge is 0.244 e. The summed E-state index contributed by atoms with van der Waals surface area (Å²) in [5, 5.41) is 19.6. The summed E-state index contributed by atoms with van der Waals surface area (Å²) in [4.78, 5) is 12.8. The molecule has 0 unspecified atom stereocenters. The van der Waals surface area contributed by atoms with Crippen LogP contribution in [0.1, 0.15) is 16.2 Å². The average Bonchev–Trinajstić information content (AvgIpc) is 3.33. The minimum Gasteiger partial charge on any atom is -0.465 e. The first-order valence-electron chi connectivity index (χ1n) is 6.97. The summed E-state index contributed by atoms with van der Waals surface area (Å²) in [7, 11) is 0. The van der Waals surface area contributed by atoms with E-state index in [-0.39, 0.29) is 12.5 Å². The van der Waals surface area contributed by atoms with E-state index in [1.165, 1.54) is 28.7 Å². The Kier molecular flexibility index (Phi) is 4.76. The summed E-state index contributed by atoms with van der Waals surface area (Å²) in [6, 6.07) is 9.14. The van der Waals surface area contributed by atoms with Gasteiger partial charge in [-0.15, -0.1) is 11.3 Å². The molecule has 0 saturated carbocycles. The highest BCUT2D eigenvalue weighted by Crippen LogP contribution is 2.33. The highest BCUT2D eigenvalue weighted by Gasteiger charge is 2.33. The lowest BCUT2D eigenvalue weighted by Gasteiger charge is -2.26. The minimum atomic E-state index is -1.22. The van der Waals surface area contributed by atoms with Gasteiger partial charge in [0.25, 0.3) is 0 Å². The molecule has 2 N–H and O–H groups in total. The molecule has 0 fully saturated rings. The number of hydrogen-bond acceptors (Lipinski definition) is 5. The third-order valence-electron chi connectivity index (χ3n) is 3.39. The highest BCUT2D eigenvalue weighted by molar-refractivity contribution is 7.10. The lowest BCUT2D eigenvalue weighted by Crippen LogP contribution is -2.40. The number of furan rings is 1. The van der Waals surface area contributed by atoms with Gasteiger partial charge in [-0.25, -0.2) is 0 Å². The SMILES string of the molecule is O=C(/C=C/c1ccco1)NC[C@@](O)(c1ccsc1)c1cccs1. The fourth-order valence-corrected chi connectivity index (χ4v) is 3.73. The maximum Gasteiger partial charge on any atom is 0.244 e. The van der Waals surface area contributed by atoms with Gasteiger partial charge in [0.15, 0.2) is 0 Å². The maximum absolute atomic E-state index is 12.0. The molecule has 118 valence electrons. The predicted molar refractivity (Wildman–Crippen MR) is 92.4 cm³/mol. The van der Waals surface area contributed by atoms with Crippen LogP contribution in [0.25, 0.3) is 6.08 Å². The summed E-state index contributed by atoms with van der Waals surface area (Å²) in [6.07, 6.45) is 4.52. The van der Waals surface area contributed by atoms with E-state index in [0.29, 0.717) is 5.76 Å². The molecule has 3 rings (SSSR count). The third-order valence-corrected chi connectivity index (χ3v) is 5.09. The molecule has 0 aliphatic heterocycles. The Bertz CT molecular complexity index is 725. The standard InChI is InChI=1S/C17H15NO3S2/c19-16(6-5-14-3-1-8-21-14)18-12-17(20,13-7-10-22-11-13)15-4-2-9-23-15/h1-11,20H,12H2,(H,18,19)/b6-5+/t17-/m1/s1. The molecule has 0 bridgehead atoms. The molecule has 0 aromatic carbocycles. The quantitative estimate of drug-likeness (QED) is 0.673. The Morgan fingerprint density at radius 3 is 2.87 bits per heavy atom. The molecule has 3 aromatic heterocycles. The van der Waals surface area contributed by atoms with Crippen molar-refractivity contribution in [3.8, 4) is 0 Å². The molecule has 0 aliphatic rings. The van der Waals surface area contributed by atoms with E-state index in [1.54, 1.807) is 24.5 Å². The second-order valence-electron chi connectivity index (χ2n) is 4.92. The van der Waals surface area contributed by atoms with Gasteiger partial charge in [0.2, 0.25) is 5.91 Å². The van der Waals surface area contributed by atoms with Gasteiger partial charge >= 0.3 is 0 Å². The van der Waals surface area contributed by atoms with E-state index in [9.17, 15) is 9.90 Å². The third kappa shape index (κ3) is 3.61. The number of hydrogen-bond donors (Lipinski definition) is 2. The summed E-state index contributed by atoms with van der Waals surface area (Å²) >= 11 is 2.97. The summed E-state index contributed by atoms with van der Waals surface area (Å²) in [5.74, 6) is 0.318. The molecule has 1 amide bonds. The normalized spacial score (nSPS) is 14.0. The molecule has 0 spiro atoms. The lowest BCUT2D eigenvalue weighted by atomic mass is 9.94. The summed E-state index contributed by atoms with van der Waals surface area (Å²) in [5.41, 5.74) is -0.442. The zero-order valence-electron chi connectivity index (χ0n) is 12.1. The van der Waals surface area contributed by atoms with Crippen molar-refractivity contribution in [2.45, 2.75) is 5.60 Å². The number of rotatable bonds is 6. The average molecular weight is 345 g/mol. The zero-order chi connectivity index (χ0) is 16.1. The van der Waals surface area contributed by atoms with Gasteiger partial charge in [0, 0.05) is 16.5 Å². The molecule has 1 atom stereocenters. The van der Waals surface area contributed by atoms with Crippen LogP contribution in [0.3, 0.4) is 0 Å². The Hall–Kier alpha value is -2.15. The second kappa shape index (κ2) is 6.95. The van der Waals surface area contributed by atoms with Gasteiger partial charge in [-0.3, -0.25) is 4.79 Å². The van der Waals surface area contributed by atoms with E-state index in [0.717, 1.165) is 10.4 Å². The first-order valence-corrected chi connectivity index (χ1v) is 8.79. The molecular formula is C17H15NO3S2. The monoisotopic (exact) mass is 345 g/mol. The molecule has 3 aromatic rings. The van der Waals surface area contributed by atoms with Crippen LogP contribution in [0, 0.1) is 0 Å². The Labute approximate surface area is 141 Å². The minimum absolute atomic E-state index is 0.103. The van der Waals surface area contributed by atoms with Gasteiger partial charge in [-0.2, -0.15) is 11.3 Å². The van der Waals surface area contributed by atoms with Crippen LogP contribution in [-0.4, -0.2) is 17.6 Å². The van der Waals surface area contributed by atoms with Crippen molar-refractivity contribution in [2.24, 2.45) is 0 Å². The summed E-state index contributed by atoms with van der Waals surface area (Å²) < 4.78 is 5.13. The fourth-order valence-electron chi connectivity index (χ4n) is 2.16. The topological polar surface area (TPSA) is 62.5 Å². The van der Waals surface area contributed by atoms with Crippen LogP contribution in [0.15, 0.2) is 63.2 Å².